The molecule has 0 rings (SSSR count). The highest BCUT2D eigenvalue weighted by Crippen LogP contribution is 2.38. The van der Waals surface area contributed by atoms with E-state index < -0.39 is 20.0 Å². The van der Waals surface area contributed by atoms with Crippen LogP contribution in [0, 0.1) is 0 Å². The highest BCUT2D eigenvalue weighted by Gasteiger charge is 2.23. The fourth-order valence-corrected chi connectivity index (χ4v) is 8.20. The van der Waals surface area contributed by atoms with E-state index in [4.69, 9.17) is 9.05 Å². The molecular formula is C52H101N2O6P. The van der Waals surface area contributed by atoms with Gasteiger partial charge < -0.3 is 28.8 Å². The van der Waals surface area contributed by atoms with E-state index in [0.717, 1.165) is 64.2 Å². The van der Waals surface area contributed by atoms with Crippen molar-refractivity contribution in [2.75, 3.05) is 40.9 Å². The maximum absolute atomic E-state index is 12.9. The number of likely N-dealkylation sites (N-methyl/N-ethyl adjacent to an activating group) is 1. The van der Waals surface area contributed by atoms with Gasteiger partial charge in [-0.2, -0.15) is 0 Å². The van der Waals surface area contributed by atoms with Gasteiger partial charge in [0.15, 0.2) is 0 Å². The molecule has 0 aromatic heterocycles. The third-order valence-corrected chi connectivity index (χ3v) is 12.6. The van der Waals surface area contributed by atoms with Gasteiger partial charge in [-0.1, -0.05) is 217 Å². The largest absolute Gasteiger partial charge is 0.756 e. The Hall–Kier alpha value is -1.28. The summed E-state index contributed by atoms with van der Waals surface area (Å²) in [6, 6.07) is -0.893. The molecule has 0 bridgehead atoms. The first-order chi connectivity index (χ1) is 29.5. The number of quaternary nitrogens is 1. The van der Waals surface area contributed by atoms with Gasteiger partial charge in [0.05, 0.1) is 39.9 Å². The fraction of sp³-hybridized carbons (Fsp3) is 0.865. The van der Waals surface area contributed by atoms with E-state index in [-0.39, 0.29) is 19.1 Å². The molecule has 0 fully saturated rings. The summed E-state index contributed by atoms with van der Waals surface area (Å²) in [7, 11) is 1.25. The Kier molecular flexibility index (Phi) is 43.0. The molecule has 61 heavy (non-hydrogen) atoms. The zero-order valence-electron chi connectivity index (χ0n) is 40.9. The maximum Gasteiger partial charge on any atom is 0.268 e. The molecule has 1 amide bonds. The number of rotatable bonds is 47. The van der Waals surface area contributed by atoms with Gasteiger partial charge in [-0.05, 0) is 51.4 Å². The molecule has 3 atom stereocenters. The van der Waals surface area contributed by atoms with Crippen LogP contribution in [-0.4, -0.2) is 68.5 Å². The molecule has 0 aliphatic heterocycles. The number of allylic oxidation sites excluding steroid dienone is 5. The number of carbonyl (C=O) groups excluding carboxylic acids is 1. The van der Waals surface area contributed by atoms with Gasteiger partial charge in [0, 0.05) is 6.42 Å². The Morgan fingerprint density at radius 1 is 0.574 bits per heavy atom. The maximum atomic E-state index is 12.9. The van der Waals surface area contributed by atoms with Crippen LogP contribution in [0.2, 0.25) is 0 Å². The fourth-order valence-electron chi connectivity index (χ4n) is 7.48. The minimum atomic E-state index is -4.60. The van der Waals surface area contributed by atoms with Crippen molar-refractivity contribution < 1.29 is 32.9 Å². The van der Waals surface area contributed by atoms with Crippen LogP contribution >= 0.6 is 7.82 Å². The number of nitrogens with zero attached hydrogens (tertiary/aromatic N) is 1. The van der Waals surface area contributed by atoms with Crippen molar-refractivity contribution in [2.24, 2.45) is 0 Å². The summed E-state index contributed by atoms with van der Waals surface area (Å²) < 4.78 is 23.3. The van der Waals surface area contributed by atoms with Gasteiger partial charge in [0.1, 0.15) is 13.2 Å². The molecule has 0 spiro atoms. The molecule has 9 heteroatoms. The first-order valence-corrected chi connectivity index (χ1v) is 27.3. The van der Waals surface area contributed by atoms with E-state index in [1.807, 2.05) is 27.2 Å². The van der Waals surface area contributed by atoms with E-state index in [9.17, 15) is 19.4 Å². The minimum absolute atomic E-state index is 0.00382. The van der Waals surface area contributed by atoms with Crippen molar-refractivity contribution in [2.45, 2.75) is 251 Å². The molecule has 8 nitrogen and oxygen atoms in total. The lowest BCUT2D eigenvalue weighted by atomic mass is 10.0. The second-order valence-corrected chi connectivity index (χ2v) is 20.3. The molecular weight excluding hydrogens is 780 g/mol. The number of phosphoric acid groups is 1. The molecule has 0 radical (unpaired) electrons. The van der Waals surface area contributed by atoms with Crippen LogP contribution in [0.4, 0.5) is 0 Å². The topological polar surface area (TPSA) is 108 Å². The van der Waals surface area contributed by atoms with Crippen LogP contribution in [0.1, 0.15) is 239 Å². The predicted octanol–water partition coefficient (Wildman–Crippen LogP) is 14.4. The number of amides is 1. The summed E-state index contributed by atoms with van der Waals surface area (Å²) in [6.07, 6.45) is 54.9. The monoisotopic (exact) mass is 881 g/mol. The normalized spacial score (nSPS) is 14.4. The third-order valence-electron chi connectivity index (χ3n) is 11.6. The zero-order valence-corrected chi connectivity index (χ0v) is 41.8. The highest BCUT2D eigenvalue weighted by molar-refractivity contribution is 7.45. The second-order valence-electron chi connectivity index (χ2n) is 18.9. The number of nitrogens with one attached hydrogen (secondary N) is 1. The van der Waals surface area contributed by atoms with Crippen molar-refractivity contribution in [1.29, 1.82) is 0 Å². The molecule has 0 heterocycles. The van der Waals surface area contributed by atoms with E-state index in [1.54, 1.807) is 6.08 Å². The Morgan fingerprint density at radius 3 is 1.38 bits per heavy atom. The molecule has 0 aliphatic carbocycles. The van der Waals surface area contributed by atoms with Gasteiger partial charge >= 0.3 is 0 Å². The van der Waals surface area contributed by atoms with Gasteiger partial charge in [0.2, 0.25) is 5.91 Å². The standard InChI is InChI=1S/C52H101N2O6P/c1-6-8-10-12-14-16-18-20-22-24-25-26-27-28-29-30-31-33-35-37-39-41-43-45-51(55)50(49-60-61(57,58)59-48-47-54(3,4)5)53-52(56)46-44-42-40-38-36-34-32-23-21-19-17-15-13-11-9-7-2/h17,19,23,32,43,45,50-51,55H,6-16,18,20-22,24-31,33-42,44,46-49H2,1-5H3,(H-,53,56,57,58)/b19-17-,32-23-,45-43+. The number of hydrogen-bond acceptors (Lipinski definition) is 6. The lowest BCUT2D eigenvalue weighted by Crippen LogP contribution is -2.45. The minimum Gasteiger partial charge on any atom is -0.756 e. The summed E-state index contributed by atoms with van der Waals surface area (Å²) in [4.78, 5) is 25.4. The number of unbranched alkanes of at least 4 members (excludes halogenated alkanes) is 30. The Bertz CT molecular complexity index is 1090. The van der Waals surface area contributed by atoms with Crippen molar-refractivity contribution in [3.05, 3.63) is 36.5 Å². The lowest BCUT2D eigenvalue weighted by molar-refractivity contribution is -0.870. The number of hydrogen-bond donors (Lipinski definition) is 2. The van der Waals surface area contributed by atoms with Gasteiger partial charge in [-0.15, -0.1) is 0 Å². The Morgan fingerprint density at radius 2 is 0.951 bits per heavy atom. The SMILES string of the molecule is CCCCCC/C=C\C/C=C\CCCCCCCC(=O)NC(COP(=O)([O-])OCC[N+](C)(C)C)C(O)/C=C/CCCCCCCCCCCCCCCCCCCCCCC. The Balaban J connectivity index is 4.30. The third kappa shape index (κ3) is 46.5. The van der Waals surface area contributed by atoms with Crippen LogP contribution in [0.15, 0.2) is 36.5 Å². The lowest BCUT2D eigenvalue weighted by Gasteiger charge is -2.29. The van der Waals surface area contributed by atoms with Gasteiger partial charge in [0.25, 0.3) is 7.82 Å². The second kappa shape index (κ2) is 43.9. The van der Waals surface area contributed by atoms with Crippen LogP contribution in [0.25, 0.3) is 0 Å². The van der Waals surface area contributed by atoms with Crippen molar-refractivity contribution >= 4 is 13.7 Å². The first-order valence-electron chi connectivity index (χ1n) is 25.9. The summed E-state index contributed by atoms with van der Waals surface area (Å²) in [5.74, 6) is -0.210. The summed E-state index contributed by atoms with van der Waals surface area (Å²) in [5.41, 5.74) is 0. The molecule has 360 valence electrons. The van der Waals surface area contributed by atoms with E-state index in [1.165, 1.54) is 154 Å². The number of aliphatic hydroxyl groups is 1. The number of aliphatic hydroxyl groups excluding tert-OH is 1. The number of phosphoric ester groups is 1. The van der Waals surface area contributed by atoms with Crippen LogP contribution in [0.3, 0.4) is 0 Å². The summed E-state index contributed by atoms with van der Waals surface area (Å²) in [6.45, 7) is 4.64. The molecule has 0 saturated heterocycles. The summed E-state index contributed by atoms with van der Waals surface area (Å²) in [5, 5.41) is 13.8. The van der Waals surface area contributed by atoms with Crippen LogP contribution < -0.4 is 10.2 Å². The zero-order chi connectivity index (χ0) is 45.0. The van der Waals surface area contributed by atoms with E-state index in [0.29, 0.717) is 17.4 Å². The first kappa shape index (κ1) is 59.7. The predicted molar refractivity (Wildman–Crippen MR) is 261 cm³/mol. The molecule has 0 aliphatic rings. The average Bonchev–Trinajstić information content (AvgIpc) is 3.21. The molecule has 3 unspecified atom stereocenters. The summed E-state index contributed by atoms with van der Waals surface area (Å²) >= 11 is 0. The quantitative estimate of drug-likeness (QED) is 0.0273. The van der Waals surface area contributed by atoms with Gasteiger partial charge in [-0.25, -0.2) is 0 Å². The average molecular weight is 881 g/mol. The van der Waals surface area contributed by atoms with Crippen molar-refractivity contribution in [3.8, 4) is 0 Å². The van der Waals surface area contributed by atoms with Crippen molar-refractivity contribution in [1.82, 2.24) is 5.32 Å². The van der Waals surface area contributed by atoms with E-state index in [2.05, 4.69) is 43.5 Å². The number of carbonyl (C=O) groups is 1. The van der Waals surface area contributed by atoms with Gasteiger partial charge in [-0.3, -0.25) is 9.36 Å². The smallest absolute Gasteiger partial charge is 0.268 e. The molecule has 0 saturated carbocycles. The van der Waals surface area contributed by atoms with E-state index >= 15 is 0 Å². The molecule has 0 aromatic carbocycles. The van der Waals surface area contributed by atoms with Crippen molar-refractivity contribution in [3.63, 3.8) is 0 Å². The van der Waals surface area contributed by atoms with Crippen LogP contribution in [0.5, 0.6) is 0 Å². The molecule has 0 aromatic rings. The highest BCUT2D eigenvalue weighted by atomic mass is 31.2. The Labute approximate surface area is 378 Å². The van der Waals surface area contributed by atoms with Crippen LogP contribution in [-0.2, 0) is 18.4 Å². The molecule has 2 N–H and O–H groups in total.